The third-order valence-corrected chi connectivity index (χ3v) is 4.52. The average Bonchev–Trinajstić information content (AvgIpc) is 2.47. The fourth-order valence-electron chi connectivity index (χ4n) is 3.29. The topological polar surface area (TPSA) is 18.5 Å². The van der Waals surface area contributed by atoms with Crippen molar-refractivity contribution in [2.45, 2.75) is 39.3 Å². The van der Waals surface area contributed by atoms with Crippen molar-refractivity contribution in [2.24, 2.45) is 5.92 Å². The van der Waals surface area contributed by atoms with Crippen LogP contribution < -0.4 is 5.32 Å². The zero-order valence-corrected chi connectivity index (χ0v) is 14.1. The highest BCUT2D eigenvalue weighted by Crippen LogP contribution is 2.22. The predicted molar refractivity (Wildman–Crippen MR) is 91.8 cm³/mol. The van der Waals surface area contributed by atoms with Crippen LogP contribution in [0.2, 0.25) is 0 Å². The first kappa shape index (κ1) is 16.3. The third kappa shape index (κ3) is 5.01. The van der Waals surface area contributed by atoms with Gasteiger partial charge in [-0.2, -0.15) is 0 Å². The number of piperidine rings is 1. The molecule has 1 aromatic carbocycles. The molecule has 0 amide bonds. The molecular formula is C18H31N3. The lowest BCUT2D eigenvalue weighted by atomic mass is 9.91. The SMILES string of the molecule is CCN1CCCC(C(C)Nc2cccc(CN(C)C)c2)C1. The van der Waals surface area contributed by atoms with Gasteiger partial charge in [0.2, 0.25) is 0 Å². The quantitative estimate of drug-likeness (QED) is 0.867. The summed E-state index contributed by atoms with van der Waals surface area (Å²) in [6, 6.07) is 9.38. The first-order valence-corrected chi connectivity index (χ1v) is 8.31. The van der Waals surface area contributed by atoms with Gasteiger partial charge in [-0.05, 0) is 70.6 Å². The number of likely N-dealkylation sites (tertiary alicyclic amines) is 1. The Morgan fingerprint density at radius 1 is 1.38 bits per heavy atom. The maximum atomic E-state index is 3.72. The van der Waals surface area contributed by atoms with Crippen LogP contribution in [-0.2, 0) is 6.54 Å². The van der Waals surface area contributed by atoms with Gasteiger partial charge in [0.05, 0.1) is 0 Å². The van der Waals surface area contributed by atoms with E-state index >= 15 is 0 Å². The Bertz CT molecular complexity index is 430. The Morgan fingerprint density at radius 3 is 2.90 bits per heavy atom. The Kier molecular flexibility index (Phi) is 6.07. The molecule has 2 rings (SSSR count). The van der Waals surface area contributed by atoms with Crippen LogP contribution in [0.1, 0.15) is 32.3 Å². The molecule has 1 aliphatic heterocycles. The summed E-state index contributed by atoms with van der Waals surface area (Å²) in [5.74, 6) is 0.760. The van der Waals surface area contributed by atoms with Crippen molar-refractivity contribution >= 4 is 5.69 Å². The number of rotatable bonds is 6. The molecule has 1 N–H and O–H groups in total. The Hall–Kier alpha value is -1.06. The molecule has 1 aliphatic rings. The predicted octanol–water partition coefficient (Wildman–Crippen LogP) is 3.28. The van der Waals surface area contributed by atoms with Gasteiger partial charge in [0, 0.05) is 24.8 Å². The standard InChI is InChI=1S/C18H31N3/c1-5-21-11-7-9-17(14-21)15(2)19-18-10-6-8-16(12-18)13-20(3)4/h6,8,10,12,15,17,19H,5,7,9,11,13-14H2,1-4H3. The van der Waals surface area contributed by atoms with Gasteiger partial charge < -0.3 is 15.1 Å². The number of anilines is 1. The van der Waals surface area contributed by atoms with Gasteiger partial charge in [-0.3, -0.25) is 0 Å². The lowest BCUT2D eigenvalue weighted by Gasteiger charge is -2.35. The lowest BCUT2D eigenvalue weighted by molar-refractivity contribution is 0.172. The molecule has 0 spiro atoms. The largest absolute Gasteiger partial charge is 0.382 e. The minimum absolute atomic E-state index is 0.536. The van der Waals surface area contributed by atoms with Crippen LogP contribution in [0.25, 0.3) is 0 Å². The third-order valence-electron chi connectivity index (χ3n) is 4.52. The first-order valence-electron chi connectivity index (χ1n) is 8.31. The molecule has 0 saturated carbocycles. The molecule has 118 valence electrons. The molecule has 1 aromatic rings. The fraction of sp³-hybridized carbons (Fsp3) is 0.667. The van der Waals surface area contributed by atoms with E-state index in [1.165, 1.54) is 43.7 Å². The smallest absolute Gasteiger partial charge is 0.0345 e. The van der Waals surface area contributed by atoms with Crippen molar-refractivity contribution in [3.8, 4) is 0 Å². The van der Waals surface area contributed by atoms with Crippen LogP contribution in [0, 0.1) is 5.92 Å². The average molecular weight is 289 g/mol. The van der Waals surface area contributed by atoms with Crippen molar-refractivity contribution in [2.75, 3.05) is 39.0 Å². The summed E-state index contributed by atoms with van der Waals surface area (Å²) in [7, 11) is 4.23. The van der Waals surface area contributed by atoms with Gasteiger partial charge >= 0.3 is 0 Å². The summed E-state index contributed by atoms with van der Waals surface area (Å²) < 4.78 is 0. The lowest BCUT2D eigenvalue weighted by Crippen LogP contribution is -2.41. The van der Waals surface area contributed by atoms with E-state index < -0.39 is 0 Å². The highest BCUT2D eigenvalue weighted by molar-refractivity contribution is 5.46. The van der Waals surface area contributed by atoms with E-state index in [9.17, 15) is 0 Å². The minimum Gasteiger partial charge on any atom is -0.382 e. The summed E-state index contributed by atoms with van der Waals surface area (Å²) in [6.07, 6.45) is 2.69. The Morgan fingerprint density at radius 2 is 2.19 bits per heavy atom. The second-order valence-electron chi connectivity index (χ2n) is 6.67. The molecule has 1 saturated heterocycles. The number of benzene rings is 1. The zero-order valence-electron chi connectivity index (χ0n) is 14.1. The molecule has 1 fully saturated rings. The van der Waals surface area contributed by atoms with E-state index in [-0.39, 0.29) is 0 Å². The van der Waals surface area contributed by atoms with E-state index in [0.29, 0.717) is 6.04 Å². The van der Waals surface area contributed by atoms with Crippen molar-refractivity contribution in [1.29, 1.82) is 0 Å². The van der Waals surface area contributed by atoms with Gasteiger partial charge in [-0.1, -0.05) is 19.1 Å². The Balaban J connectivity index is 1.94. The molecule has 21 heavy (non-hydrogen) atoms. The van der Waals surface area contributed by atoms with E-state index in [1.54, 1.807) is 0 Å². The number of nitrogens with one attached hydrogen (secondary N) is 1. The van der Waals surface area contributed by atoms with Crippen LogP contribution in [0.3, 0.4) is 0 Å². The first-order chi connectivity index (χ1) is 10.1. The zero-order chi connectivity index (χ0) is 15.2. The van der Waals surface area contributed by atoms with Crippen molar-refractivity contribution in [3.63, 3.8) is 0 Å². The molecule has 3 nitrogen and oxygen atoms in total. The summed E-state index contributed by atoms with van der Waals surface area (Å²) in [5, 5.41) is 3.72. The molecule has 3 heteroatoms. The molecule has 1 heterocycles. The molecule has 0 bridgehead atoms. The second-order valence-corrected chi connectivity index (χ2v) is 6.67. The molecule has 2 unspecified atom stereocenters. The molecular weight excluding hydrogens is 258 g/mol. The van der Waals surface area contributed by atoms with Crippen LogP contribution >= 0.6 is 0 Å². The van der Waals surface area contributed by atoms with E-state index in [0.717, 1.165) is 12.5 Å². The van der Waals surface area contributed by atoms with Crippen molar-refractivity contribution in [3.05, 3.63) is 29.8 Å². The highest BCUT2D eigenvalue weighted by Gasteiger charge is 2.23. The Labute approximate surface area is 130 Å². The van der Waals surface area contributed by atoms with Crippen molar-refractivity contribution < 1.29 is 0 Å². The van der Waals surface area contributed by atoms with Gasteiger partial charge in [0.1, 0.15) is 0 Å². The summed E-state index contributed by atoms with van der Waals surface area (Å²) in [6.45, 7) is 9.30. The summed E-state index contributed by atoms with van der Waals surface area (Å²) in [5.41, 5.74) is 2.63. The maximum Gasteiger partial charge on any atom is 0.0345 e. The van der Waals surface area contributed by atoms with Gasteiger partial charge in [-0.15, -0.1) is 0 Å². The van der Waals surface area contributed by atoms with E-state index in [1.807, 2.05) is 0 Å². The number of nitrogens with zero attached hydrogens (tertiary/aromatic N) is 2. The van der Waals surface area contributed by atoms with Crippen LogP contribution in [-0.4, -0.2) is 49.6 Å². The monoisotopic (exact) mass is 289 g/mol. The molecule has 0 aliphatic carbocycles. The maximum absolute atomic E-state index is 3.72. The second kappa shape index (κ2) is 7.81. The summed E-state index contributed by atoms with van der Waals surface area (Å²) in [4.78, 5) is 4.79. The van der Waals surface area contributed by atoms with Crippen LogP contribution in [0.4, 0.5) is 5.69 Å². The van der Waals surface area contributed by atoms with Crippen molar-refractivity contribution in [1.82, 2.24) is 9.80 Å². The highest BCUT2D eigenvalue weighted by atomic mass is 15.1. The fourth-order valence-corrected chi connectivity index (χ4v) is 3.29. The number of hydrogen-bond acceptors (Lipinski definition) is 3. The molecule has 0 radical (unpaired) electrons. The normalized spacial score (nSPS) is 21.5. The summed E-state index contributed by atoms with van der Waals surface area (Å²) >= 11 is 0. The van der Waals surface area contributed by atoms with Crippen LogP contribution in [0.15, 0.2) is 24.3 Å². The van der Waals surface area contributed by atoms with E-state index in [2.05, 4.69) is 67.3 Å². The minimum atomic E-state index is 0.536. The van der Waals surface area contributed by atoms with Gasteiger partial charge in [-0.25, -0.2) is 0 Å². The van der Waals surface area contributed by atoms with E-state index in [4.69, 9.17) is 0 Å². The molecule has 0 aromatic heterocycles. The van der Waals surface area contributed by atoms with Crippen LogP contribution in [0.5, 0.6) is 0 Å². The number of hydrogen-bond donors (Lipinski definition) is 1. The van der Waals surface area contributed by atoms with Gasteiger partial charge in [0.15, 0.2) is 0 Å². The molecule has 2 atom stereocenters. The van der Waals surface area contributed by atoms with Gasteiger partial charge in [0.25, 0.3) is 0 Å².